The Balaban J connectivity index is 1.66. The molecule has 0 radical (unpaired) electrons. The number of esters is 2. The highest BCUT2D eigenvalue weighted by atomic mass is 35.5. The maximum atomic E-state index is 11.7. The minimum Gasteiger partial charge on any atom is -0.462 e. The molecule has 4 aliphatic rings. The highest BCUT2D eigenvalue weighted by Crippen LogP contribution is 2.66. The largest absolute Gasteiger partial charge is 0.462 e. The number of hydrogen-bond acceptors (Lipinski definition) is 4. The topological polar surface area (TPSA) is 52.6 Å². The zero-order valence-electron chi connectivity index (χ0n) is 18.0. The average molecular weight is 421 g/mol. The van der Waals surface area contributed by atoms with E-state index in [2.05, 4.69) is 19.9 Å². The van der Waals surface area contributed by atoms with Crippen molar-refractivity contribution in [2.75, 3.05) is 0 Å². The zero-order valence-corrected chi connectivity index (χ0v) is 18.8. The Kier molecular flexibility index (Phi) is 5.38. The van der Waals surface area contributed by atoms with Crippen LogP contribution in [0.1, 0.15) is 72.6 Å². The van der Waals surface area contributed by atoms with Crippen LogP contribution < -0.4 is 0 Å². The van der Waals surface area contributed by atoms with Gasteiger partial charge in [0, 0.05) is 31.2 Å². The molecule has 7 unspecified atom stereocenters. The summed E-state index contributed by atoms with van der Waals surface area (Å²) in [4.78, 5) is 23.1. The maximum Gasteiger partial charge on any atom is 0.302 e. The van der Waals surface area contributed by atoms with Gasteiger partial charge in [-0.3, -0.25) is 9.59 Å². The van der Waals surface area contributed by atoms with Gasteiger partial charge < -0.3 is 9.47 Å². The van der Waals surface area contributed by atoms with Gasteiger partial charge in [-0.15, -0.1) is 0 Å². The van der Waals surface area contributed by atoms with Gasteiger partial charge in [0.15, 0.2) is 0 Å². The molecule has 3 fully saturated rings. The number of rotatable bonds is 2. The van der Waals surface area contributed by atoms with E-state index in [0.29, 0.717) is 17.8 Å². The van der Waals surface area contributed by atoms with Crippen molar-refractivity contribution in [2.45, 2.75) is 84.8 Å². The molecule has 4 aliphatic carbocycles. The molecule has 0 N–H and O–H groups in total. The Hall–Kier alpha value is -1.29. The molecule has 0 bridgehead atoms. The summed E-state index contributed by atoms with van der Waals surface area (Å²) in [6.45, 7) is 7.74. The molecule has 29 heavy (non-hydrogen) atoms. The van der Waals surface area contributed by atoms with Crippen LogP contribution in [0.4, 0.5) is 0 Å². The number of allylic oxidation sites excluding steroid dienone is 2. The van der Waals surface area contributed by atoms with E-state index >= 15 is 0 Å². The molecule has 0 saturated heterocycles. The maximum absolute atomic E-state index is 11.7. The predicted molar refractivity (Wildman–Crippen MR) is 112 cm³/mol. The fraction of sp³-hybridized carbons (Fsp3) is 0.750. The van der Waals surface area contributed by atoms with Gasteiger partial charge in [0.05, 0.1) is 0 Å². The van der Waals surface area contributed by atoms with E-state index in [1.54, 1.807) is 5.54 Å². The monoisotopic (exact) mass is 420 g/mol. The van der Waals surface area contributed by atoms with Gasteiger partial charge in [0.25, 0.3) is 0 Å². The van der Waals surface area contributed by atoms with Crippen molar-refractivity contribution in [3.63, 3.8) is 0 Å². The zero-order chi connectivity index (χ0) is 21.0. The van der Waals surface area contributed by atoms with E-state index in [4.69, 9.17) is 21.1 Å². The molecular weight excluding hydrogens is 388 g/mol. The van der Waals surface area contributed by atoms with Crippen LogP contribution in [0.5, 0.6) is 0 Å². The van der Waals surface area contributed by atoms with Crippen LogP contribution >= 0.6 is 11.6 Å². The van der Waals surface area contributed by atoms with Crippen molar-refractivity contribution in [3.05, 3.63) is 22.8 Å². The fourth-order valence-electron chi connectivity index (χ4n) is 7.25. The first-order chi connectivity index (χ1) is 13.7. The van der Waals surface area contributed by atoms with Gasteiger partial charge in [-0.1, -0.05) is 37.1 Å². The Morgan fingerprint density at radius 1 is 1.03 bits per heavy atom. The molecule has 0 aromatic heterocycles. The SMILES string of the molecule is CC(=O)OC1CCC2(C)C(=C/C(=C/Cl)C3C2CCC2(C)C(OC(C)=O)CCC32)C1. The van der Waals surface area contributed by atoms with Crippen molar-refractivity contribution in [1.29, 1.82) is 0 Å². The fourth-order valence-corrected chi connectivity index (χ4v) is 7.46. The van der Waals surface area contributed by atoms with E-state index in [9.17, 15) is 9.59 Å². The van der Waals surface area contributed by atoms with E-state index < -0.39 is 0 Å². The molecule has 4 rings (SSSR count). The number of carbonyl (C=O) groups is 2. The summed E-state index contributed by atoms with van der Waals surface area (Å²) in [7, 11) is 0. The standard InChI is InChI=1S/C24H33ClO4/c1-14(26)28-18-7-9-23(3)17(12-18)11-16(13-25)22-19-5-6-21(29-15(2)27)24(19,4)10-8-20(22)23/h11,13,18-22H,5-10,12H2,1-4H3/b16-13-. The number of carbonyl (C=O) groups excluding carboxylic acids is 2. The minimum atomic E-state index is -0.197. The quantitative estimate of drug-likeness (QED) is 0.550. The van der Waals surface area contributed by atoms with Gasteiger partial charge in [0.2, 0.25) is 0 Å². The van der Waals surface area contributed by atoms with Crippen LogP contribution in [-0.4, -0.2) is 24.1 Å². The highest BCUT2D eigenvalue weighted by Gasteiger charge is 2.60. The van der Waals surface area contributed by atoms with Gasteiger partial charge in [-0.25, -0.2) is 0 Å². The normalized spacial score (nSPS) is 44.9. The van der Waals surface area contributed by atoms with Crippen LogP contribution in [0.15, 0.2) is 22.8 Å². The summed E-state index contributed by atoms with van der Waals surface area (Å²) in [5.74, 6) is 1.06. The second-order valence-electron chi connectivity index (χ2n) is 10.1. The summed E-state index contributed by atoms with van der Waals surface area (Å²) < 4.78 is 11.3. The number of hydrogen-bond donors (Lipinski definition) is 0. The van der Waals surface area contributed by atoms with Crippen molar-refractivity contribution in [1.82, 2.24) is 0 Å². The predicted octanol–water partition coefficient (Wildman–Crippen LogP) is 5.55. The van der Waals surface area contributed by atoms with Crippen LogP contribution in [-0.2, 0) is 19.1 Å². The molecular formula is C24H33ClO4. The smallest absolute Gasteiger partial charge is 0.302 e. The summed E-state index contributed by atoms with van der Waals surface area (Å²) >= 11 is 6.38. The molecule has 7 atom stereocenters. The van der Waals surface area contributed by atoms with Crippen molar-refractivity contribution >= 4 is 23.5 Å². The van der Waals surface area contributed by atoms with Crippen LogP contribution in [0.2, 0.25) is 0 Å². The van der Waals surface area contributed by atoms with E-state index in [1.807, 2.05) is 0 Å². The summed E-state index contributed by atoms with van der Waals surface area (Å²) in [6.07, 6.45) is 9.31. The second kappa shape index (κ2) is 7.44. The molecule has 0 aliphatic heterocycles. The summed E-state index contributed by atoms with van der Waals surface area (Å²) in [6, 6.07) is 0. The Labute approximate surface area is 179 Å². The van der Waals surface area contributed by atoms with Gasteiger partial charge in [-0.05, 0) is 67.3 Å². The van der Waals surface area contributed by atoms with Crippen molar-refractivity contribution in [2.24, 2.45) is 28.6 Å². The van der Waals surface area contributed by atoms with E-state index in [0.717, 1.165) is 44.9 Å². The average Bonchev–Trinajstić information content (AvgIpc) is 2.97. The van der Waals surface area contributed by atoms with Crippen LogP contribution in [0.25, 0.3) is 0 Å². The summed E-state index contributed by atoms with van der Waals surface area (Å²) in [5.41, 5.74) is 4.53. The lowest BCUT2D eigenvalue weighted by atomic mass is 9.47. The number of ether oxygens (including phenoxy) is 2. The summed E-state index contributed by atoms with van der Waals surface area (Å²) in [5, 5.41) is 0. The lowest BCUT2D eigenvalue weighted by Gasteiger charge is -2.58. The third kappa shape index (κ3) is 3.36. The third-order valence-electron chi connectivity index (χ3n) is 8.66. The Morgan fingerprint density at radius 2 is 1.76 bits per heavy atom. The van der Waals surface area contributed by atoms with Gasteiger partial charge in [-0.2, -0.15) is 0 Å². The molecule has 0 aromatic carbocycles. The lowest BCUT2D eigenvalue weighted by Crippen LogP contribution is -2.52. The third-order valence-corrected chi connectivity index (χ3v) is 8.91. The molecule has 0 amide bonds. The van der Waals surface area contributed by atoms with E-state index in [1.165, 1.54) is 25.0 Å². The molecule has 0 heterocycles. The second-order valence-corrected chi connectivity index (χ2v) is 10.3. The van der Waals surface area contributed by atoms with E-state index in [-0.39, 0.29) is 35.0 Å². The van der Waals surface area contributed by atoms with Crippen molar-refractivity contribution in [3.8, 4) is 0 Å². The van der Waals surface area contributed by atoms with Crippen LogP contribution in [0.3, 0.4) is 0 Å². The Morgan fingerprint density at radius 3 is 2.41 bits per heavy atom. The molecule has 0 spiro atoms. The molecule has 160 valence electrons. The van der Waals surface area contributed by atoms with Crippen molar-refractivity contribution < 1.29 is 19.1 Å². The van der Waals surface area contributed by atoms with Gasteiger partial charge in [0.1, 0.15) is 12.2 Å². The molecule has 4 nitrogen and oxygen atoms in total. The molecule has 0 aromatic rings. The van der Waals surface area contributed by atoms with Gasteiger partial charge >= 0.3 is 11.9 Å². The first-order valence-corrected chi connectivity index (χ1v) is 11.5. The lowest BCUT2D eigenvalue weighted by molar-refractivity contribution is -0.156. The highest BCUT2D eigenvalue weighted by molar-refractivity contribution is 6.25. The first kappa shape index (κ1) is 21.0. The number of fused-ring (bicyclic) bond motifs is 5. The van der Waals surface area contributed by atoms with Crippen LogP contribution in [0, 0.1) is 28.6 Å². The molecule has 5 heteroatoms. The Bertz CT molecular complexity index is 771. The minimum absolute atomic E-state index is 0.0143. The first-order valence-electron chi connectivity index (χ1n) is 11.0. The number of halogens is 1. The molecule has 3 saturated carbocycles.